The van der Waals surface area contributed by atoms with E-state index in [4.69, 9.17) is 0 Å². The van der Waals surface area contributed by atoms with Gasteiger partial charge in [-0.15, -0.1) is 0 Å². The first-order valence-electron chi connectivity index (χ1n) is 12.1. The molecule has 168 valence electrons. The van der Waals surface area contributed by atoms with E-state index < -0.39 is 0 Å². The van der Waals surface area contributed by atoms with Crippen molar-refractivity contribution in [3.8, 4) is 11.1 Å². The Hall–Kier alpha value is -3.20. The minimum atomic E-state index is -0.191. The first-order chi connectivity index (χ1) is 16.2. The van der Waals surface area contributed by atoms with Crippen LogP contribution in [0.2, 0.25) is 0 Å². The van der Waals surface area contributed by atoms with Crippen LogP contribution < -0.4 is 0 Å². The van der Waals surface area contributed by atoms with Crippen molar-refractivity contribution in [1.82, 2.24) is 4.90 Å². The van der Waals surface area contributed by atoms with Gasteiger partial charge in [-0.2, -0.15) is 0 Å². The topological polar surface area (TPSA) is 20.3 Å². The summed E-state index contributed by atoms with van der Waals surface area (Å²) in [7, 11) is 0. The van der Waals surface area contributed by atoms with E-state index in [1.165, 1.54) is 11.1 Å². The average molecular weight is 440 g/mol. The van der Waals surface area contributed by atoms with Crippen molar-refractivity contribution in [1.29, 1.82) is 0 Å². The Labute approximate surface area is 195 Å². The van der Waals surface area contributed by atoms with Crippen LogP contribution in [-0.2, 0) is 11.2 Å². The lowest BCUT2D eigenvalue weighted by molar-refractivity contribution is -0.133. The molecular formula is C30H30FNO. The molecule has 2 unspecified atom stereocenters. The highest BCUT2D eigenvalue weighted by atomic mass is 19.1. The van der Waals surface area contributed by atoms with Gasteiger partial charge in [0.2, 0.25) is 5.91 Å². The van der Waals surface area contributed by atoms with Crippen LogP contribution >= 0.6 is 0 Å². The van der Waals surface area contributed by atoms with Crippen molar-refractivity contribution >= 4 is 11.5 Å². The van der Waals surface area contributed by atoms with Gasteiger partial charge in [0, 0.05) is 18.0 Å². The second-order valence-electron chi connectivity index (χ2n) is 9.25. The Balaban J connectivity index is 1.22. The molecule has 0 aromatic heterocycles. The number of carbonyl (C=O) groups excluding carboxylic acids is 1. The molecule has 33 heavy (non-hydrogen) atoms. The second kappa shape index (κ2) is 9.74. The fraction of sp³-hybridized carbons (Fsp3) is 0.300. The first kappa shape index (κ1) is 21.6. The number of aryl methyl sites for hydroxylation is 1. The maximum Gasteiger partial charge on any atom is 0.223 e. The van der Waals surface area contributed by atoms with Crippen LogP contribution in [0.5, 0.6) is 0 Å². The van der Waals surface area contributed by atoms with Gasteiger partial charge in [-0.05, 0) is 66.9 Å². The molecule has 1 saturated heterocycles. The summed E-state index contributed by atoms with van der Waals surface area (Å²) in [4.78, 5) is 15.1. The second-order valence-corrected chi connectivity index (χ2v) is 9.25. The van der Waals surface area contributed by atoms with Crippen LogP contribution in [-0.4, -0.2) is 22.9 Å². The van der Waals surface area contributed by atoms with Gasteiger partial charge in [-0.3, -0.25) is 4.79 Å². The monoisotopic (exact) mass is 439 g/mol. The molecule has 2 heterocycles. The number of benzene rings is 3. The fourth-order valence-electron chi connectivity index (χ4n) is 5.38. The smallest absolute Gasteiger partial charge is 0.223 e. The van der Waals surface area contributed by atoms with E-state index >= 15 is 0 Å². The normalized spacial score (nSPS) is 19.4. The molecule has 3 aromatic rings. The third kappa shape index (κ3) is 4.78. The fourth-order valence-corrected chi connectivity index (χ4v) is 5.38. The Morgan fingerprint density at radius 2 is 1.64 bits per heavy atom. The van der Waals surface area contributed by atoms with Crippen LogP contribution in [0.1, 0.15) is 49.7 Å². The van der Waals surface area contributed by atoms with Crippen LogP contribution in [0.3, 0.4) is 0 Å². The summed E-state index contributed by atoms with van der Waals surface area (Å²) in [5.41, 5.74) is 4.98. The number of amides is 1. The molecule has 2 bridgehead atoms. The van der Waals surface area contributed by atoms with E-state index in [-0.39, 0.29) is 23.8 Å². The van der Waals surface area contributed by atoms with E-state index in [1.807, 2.05) is 48.5 Å². The van der Waals surface area contributed by atoms with Gasteiger partial charge < -0.3 is 4.90 Å². The predicted molar refractivity (Wildman–Crippen MR) is 132 cm³/mol. The van der Waals surface area contributed by atoms with Gasteiger partial charge in [-0.25, -0.2) is 4.39 Å². The number of rotatable bonds is 7. The van der Waals surface area contributed by atoms with E-state index in [9.17, 15) is 9.18 Å². The van der Waals surface area contributed by atoms with Crippen LogP contribution in [0.4, 0.5) is 4.39 Å². The Bertz CT molecular complexity index is 1140. The summed E-state index contributed by atoms with van der Waals surface area (Å²) in [5, 5.41) is 0. The van der Waals surface area contributed by atoms with E-state index in [0.717, 1.165) is 49.7 Å². The molecule has 2 aliphatic heterocycles. The molecule has 2 nitrogen and oxygen atoms in total. The molecule has 3 heteroatoms. The largest absolute Gasteiger partial charge is 0.333 e. The molecule has 0 N–H and O–H groups in total. The predicted octanol–water partition coefficient (Wildman–Crippen LogP) is 7.05. The summed E-state index contributed by atoms with van der Waals surface area (Å²) in [5.74, 6) is 0.0836. The minimum Gasteiger partial charge on any atom is -0.333 e. The molecule has 3 aromatic carbocycles. The lowest BCUT2D eigenvalue weighted by Crippen LogP contribution is -2.42. The van der Waals surface area contributed by atoms with E-state index in [1.54, 1.807) is 6.07 Å². The van der Waals surface area contributed by atoms with Crippen molar-refractivity contribution in [2.75, 3.05) is 0 Å². The van der Waals surface area contributed by atoms with Crippen LogP contribution in [0, 0.1) is 5.82 Å². The molecule has 2 atom stereocenters. The zero-order valence-electron chi connectivity index (χ0n) is 18.9. The van der Waals surface area contributed by atoms with Crippen molar-refractivity contribution in [3.63, 3.8) is 0 Å². The SMILES string of the molecule is O=C(CCCCc1ccccc1)N1C2C=C(c3ccc(-c4ccccc4)c(F)c3)CC1CC2. The van der Waals surface area contributed by atoms with Gasteiger partial charge in [0.25, 0.3) is 0 Å². The van der Waals surface area contributed by atoms with Crippen molar-refractivity contribution in [2.45, 2.75) is 57.0 Å². The Kier molecular flexibility index (Phi) is 6.39. The van der Waals surface area contributed by atoms with Crippen molar-refractivity contribution in [3.05, 3.63) is 102 Å². The van der Waals surface area contributed by atoms with Gasteiger partial charge in [0.15, 0.2) is 0 Å². The molecule has 0 saturated carbocycles. The van der Waals surface area contributed by atoms with Gasteiger partial charge in [0.05, 0.1) is 6.04 Å². The number of unbranched alkanes of at least 4 members (excludes halogenated alkanes) is 1. The first-order valence-corrected chi connectivity index (χ1v) is 12.1. The van der Waals surface area contributed by atoms with Gasteiger partial charge >= 0.3 is 0 Å². The molecule has 1 amide bonds. The number of hydrogen-bond donors (Lipinski definition) is 0. The summed E-state index contributed by atoms with van der Waals surface area (Å²) in [6.07, 6.45) is 8.66. The quantitative estimate of drug-likeness (QED) is 0.361. The summed E-state index contributed by atoms with van der Waals surface area (Å²) in [6, 6.07) is 26.1. The standard InChI is InChI=1S/C30H30FNO/c31-29-21-24(15-18-28(29)23-12-5-2-6-13-23)25-19-26-16-17-27(20-25)32(26)30(33)14-8-7-11-22-9-3-1-4-10-22/h1-6,9-10,12-13,15,18-19,21,26-27H,7-8,11,14,16-17,20H2. The Morgan fingerprint density at radius 1 is 0.879 bits per heavy atom. The number of fused-ring (bicyclic) bond motifs is 2. The van der Waals surface area contributed by atoms with E-state index in [2.05, 4.69) is 35.2 Å². The zero-order chi connectivity index (χ0) is 22.6. The number of halogens is 1. The molecule has 2 aliphatic rings. The minimum absolute atomic E-state index is 0.150. The maximum absolute atomic E-state index is 14.9. The molecule has 5 rings (SSSR count). The van der Waals surface area contributed by atoms with Crippen LogP contribution in [0.15, 0.2) is 84.9 Å². The maximum atomic E-state index is 14.9. The lowest BCUT2D eigenvalue weighted by atomic mass is 9.92. The molecule has 0 aliphatic carbocycles. The highest BCUT2D eigenvalue weighted by Gasteiger charge is 2.39. The zero-order valence-corrected chi connectivity index (χ0v) is 18.9. The summed E-state index contributed by atoms with van der Waals surface area (Å²) < 4.78 is 14.9. The van der Waals surface area contributed by atoms with Gasteiger partial charge in [-0.1, -0.05) is 78.9 Å². The lowest BCUT2D eigenvalue weighted by Gasteiger charge is -2.34. The summed E-state index contributed by atoms with van der Waals surface area (Å²) in [6.45, 7) is 0. The molecule has 0 radical (unpaired) electrons. The third-order valence-corrected chi connectivity index (χ3v) is 7.06. The third-order valence-electron chi connectivity index (χ3n) is 7.06. The number of hydrogen-bond acceptors (Lipinski definition) is 1. The molecule has 0 spiro atoms. The number of nitrogens with zero attached hydrogens (tertiary/aromatic N) is 1. The Morgan fingerprint density at radius 3 is 2.36 bits per heavy atom. The van der Waals surface area contributed by atoms with E-state index in [0.29, 0.717) is 12.0 Å². The average Bonchev–Trinajstić information content (AvgIpc) is 3.12. The highest BCUT2D eigenvalue weighted by molar-refractivity contribution is 5.80. The number of carbonyl (C=O) groups is 1. The molecule has 1 fully saturated rings. The van der Waals surface area contributed by atoms with Crippen molar-refractivity contribution < 1.29 is 9.18 Å². The van der Waals surface area contributed by atoms with Gasteiger partial charge in [0.1, 0.15) is 5.82 Å². The highest BCUT2D eigenvalue weighted by Crippen LogP contribution is 2.39. The van der Waals surface area contributed by atoms with Crippen LogP contribution in [0.25, 0.3) is 16.7 Å². The molecular weight excluding hydrogens is 409 g/mol. The van der Waals surface area contributed by atoms with Crippen molar-refractivity contribution in [2.24, 2.45) is 0 Å². The summed E-state index contributed by atoms with van der Waals surface area (Å²) >= 11 is 0.